The first-order valence-electron chi connectivity index (χ1n) is 6.29. The molecule has 0 amide bonds. The second-order valence-electron chi connectivity index (χ2n) is 4.88. The molecule has 18 heavy (non-hydrogen) atoms. The molecule has 3 nitrogen and oxygen atoms in total. The van der Waals surface area contributed by atoms with Gasteiger partial charge in [-0.1, -0.05) is 6.07 Å². The summed E-state index contributed by atoms with van der Waals surface area (Å²) in [5.74, 6) is 0.294. The van der Waals surface area contributed by atoms with E-state index >= 15 is 0 Å². The van der Waals surface area contributed by atoms with Crippen LogP contribution in [0.1, 0.15) is 29.7 Å². The number of halogens is 1. The molecule has 3 rings (SSSR count). The first-order valence-corrected chi connectivity index (χ1v) is 6.29. The molecule has 0 spiro atoms. The van der Waals surface area contributed by atoms with Gasteiger partial charge < -0.3 is 5.73 Å². The third-order valence-electron chi connectivity index (χ3n) is 3.54. The highest BCUT2D eigenvalue weighted by molar-refractivity contribution is 5.49. The van der Waals surface area contributed by atoms with Gasteiger partial charge in [-0.2, -0.15) is 5.10 Å². The Kier molecular flexibility index (Phi) is 2.58. The van der Waals surface area contributed by atoms with Gasteiger partial charge in [-0.05, 0) is 50.3 Å². The Morgan fingerprint density at radius 3 is 2.89 bits per heavy atom. The van der Waals surface area contributed by atoms with E-state index in [1.54, 1.807) is 10.7 Å². The predicted molar refractivity (Wildman–Crippen MR) is 69.3 cm³/mol. The minimum atomic E-state index is -0.253. The number of nitrogen functional groups attached to an aromatic ring is 1. The molecule has 1 heterocycles. The van der Waals surface area contributed by atoms with Crippen molar-refractivity contribution in [3.63, 3.8) is 0 Å². The van der Waals surface area contributed by atoms with Crippen LogP contribution in [0.4, 0.5) is 10.2 Å². The lowest BCUT2D eigenvalue weighted by Gasteiger charge is -2.14. The fourth-order valence-corrected chi connectivity index (χ4v) is 2.61. The van der Waals surface area contributed by atoms with Gasteiger partial charge in [0.1, 0.15) is 17.3 Å². The van der Waals surface area contributed by atoms with Crippen molar-refractivity contribution in [2.45, 2.75) is 32.6 Å². The topological polar surface area (TPSA) is 43.8 Å². The number of hydrogen-bond acceptors (Lipinski definition) is 2. The minimum absolute atomic E-state index is 0.253. The molecule has 0 saturated carbocycles. The molecular formula is C14H16FN3. The number of benzene rings is 1. The van der Waals surface area contributed by atoms with Crippen LogP contribution in [0.15, 0.2) is 18.2 Å². The van der Waals surface area contributed by atoms with Gasteiger partial charge in [-0.15, -0.1) is 0 Å². The lowest BCUT2D eigenvalue weighted by Crippen LogP contribution is -2.09. The molecule has 0 bridgehead atoms. The molecule has 2 aromatic rings. The third-order valence-corrected chi connectivity index (χ3v) is 3.54. The monoisotopic (exact) mass is 245 g/mol. The van der Waals surface area contributed by atoms with Crippen molar-refractivity contribution >= 4 is 5.82 Å². The maximum absolute atomic E-state index is 13.9. The SMILES string of the molecule is Cc1ccc(F)c(-n2nc(N)c3c2CCCC3)c1. The van der Waals surface area contributed by atoms with E-state index in [-0.39, 0.29) is 5.82 Å². The number of nitrogens with zero attached hydrogens (tertiary/aromatic N) is 2. The largest absolute Gasteiger partial charge is 0.382 e. The number of nitrogens with two attached hydrogens (primary N) is 1. The molecule has 1 aliphatic rings. The van der Waals surface area contributed by atoms with Crippen LogP contribution in [0.2, 0.25) is 0 Å². The molecule has 0 radical (unpaired) electrons. The fraction of sp³-hybridized carbons (Fsp3) is 0.357. The molecule has 2 N–H and O–H groups in total. The molecule has 4 heteroatoms. The summed E-state index contributed by atoms with van der Waals surface area (Å²) >= 11 is 0. The summed E-state index contributed by atoms with van der Waals surface area (Å²) in [5, 5.41) is 4.32. The predicted octanol–water partition coefficient (Wildman–Crippen LogP) is 2.78. The number of hydrogen-bond donors (Lipinski definition) is 1. The van der Waals surface area contributed by atoms with Crippen LogP contribution in [-0.2, 0) is 12.8 Å². The van der Waals surface area contributed by atoms with Gasteiger partial charge in [0.15, 0.2) is 0 Å². The van der Waals surface area contributed by atoms with Crippen LogP contribution < -0.4 is 5.73 Å². The maximum Gasteiger partial charge on any atom is 0.149 e. The summed E-state index contributed by atoms with van der Waals surface area (Å²) in [7, 11) is 0. The summed E-state index contributed by atoms with van der Waals surface area (Å²) in [6.07, 6.45) is 4.13. The molecule has 94 valence electrons. The smallest absolute Gasteiger partial charge is 0.149 e. The van der Waals surface area contributed by atoms with Crippen LogP contribution in [-0.4, -0.2) is 9.78 Å². The zero-order valence-corrected chi connectivity index (χ0v) is 10.4. The summed E-state index contributed by atoms with van der Waals surface area (Å²) < 4.78 is 15.6. The quantitative estimate of drug-likeness (QED) is 0.839. The van der Waals surface area contributed by atoms with Gasteiger partial charge in [0, 0.05) is 11.3 Å². The van der Waals surface area contributed by atoms with E-state index in [1.807, 2.05) is 13.0 Å². The van der Waals surface area contributed by atoms with Crippen LogP contribution in [0.3, 0.4) is 0 Å². The highest BCUT2D eigenvalue weighted by Crippen LogP contribution is 2.29. The van der Waals surface area contributed by atoms with Gasteiger partial charge in [0.2, 0.25) is 0 Å². The van der Waals surface area contributed by atoms with E-state index in [9.17, 15) is 4.39 Å². The standard InChI is InChI=1S/C14H16FN3/c1-9-6-7-11(15)13(8-9)18-12-5-3-2-4-10(12)14(16)17-18/h6-8H,2-5H2,1H3,(H2,16,17). The fourth-order valence-electron chi connectivity index (χ4n) is 2.61. The van der Waals surface area contributed by atoms with Crippen molar-refractivity contribution in [2.75, 3.05) is 5.73 Å². The molecule has 0 aliphatic heterocycles. The average Bonchev–Trinajstić information content (AvgIpc) is 2.71. The van der Waals surface area contributed by atoms with Crippen LogP contribution >= 0.6 is 0 Å². The zero-order chi connectivity index (χ0) is 12.7. The molecule has 0 saturated heterocycles. The van der Waals surface area contributed by atoms with Crippen molar-refractivity contribution in [1.82, 2.24) is 9.78 Å². The van der Waals surface area contributed by atoms with Gasteiger partial charge in [-0.25, -0.2) is 9.07 Å². The lowest BCUT2D eigenvalue weighted by atomic mass is 9.97. The highest BCUT2D eigenvalue weighted by Gasteiger charge is 2.21. The number of aromatic nitrogens is 2. The molecule has 1 aliphatic carbocycles. The molecule has 0 atom stereocenters. The van der Waals surface area contributed by atoms with Gasteiger partial charge in [-0.3, -0.25) is 0 Å². The molecule has 1 aromatic heterocycles. The Morgan fingerprint density at radius 2 is 2.06 bits per heavy atom. The Labute approximate surface area is 105 Å². The van der Waals surface area contributed by atoms with Crippen LogP contribution in [0.25, 0.3) is 5.69 Å². The van der Waals surface area contributed by atoms with Crippen molar-refractivity contribution in [3.05, 3.63) is 40.8 Å². The van der Waals surface area contributed by atoms with E-state index in [0.29, 0.717) is 11.5 Å². The van der Waals surface area contributed by atoms with Crippen molar-refractivity contribution < 1.29 is 4.39 Å². The Morgan fingerprint density at radius 1 is 1.28 bits per heavy atom. The summed E-state index contributed by atoms with van der Waals surface area (Å²) in [6.45, 7) is 1.95. The van der Waals surface area contributed by atoms with E-state index in [1.165, 1.54) is 6.07 Å². The maximum atomic E-state index is 13.9. The minimum Gasteiger partial charge on any atom is -0.382 e. The normalized spacial score (nSPS) is 14.6. The second kappa shape index (κ2) is 4.12. The molecule has 1 aromatic carbocycles. The number of anilines is 1. The first kappa shape index (κ1) is 11.3. The highest BCUT2D eigenvalue weighted by atomic mass is 19.1. The van der Waals surface area contributed by atoms with Gasteiger partial charge >= 0.3 is 0 Å². The molecular weight excluding hydrogens is 229 g/mol. The third kappa shape index (κ3) is 1.68. The second-order valence-corrected chi connectivity index (χ2v) is 4.88. The Hall–Kier alpha value is -1.84. The number of fused-ring (bicyclic) bond motifs is 1. The summed E-state index contributed by atoms with van der Waals surface area (Å²) in [4.78, 5) is 0. The molecule has 0 unspecified atom stereocenters. The van der Waals surface area contributed by atoms with Crippen LogP contribution in [0, 0.1) is 12.7 Å². The van der Waals surface area contributed by atoms with E-state index in [2.05, 4.69) is 5.10 Å². The summed E-state index contributed by atoms with van der Waals surface area (Å²) in [5.41, 5.74) is 9.63. The van der Waals surface area contributed by atoms with E-state index in [0.717, 1.165) is 42.5 Å². The number of rotatable bonds is 1. The zero-order valence-electron chi connectivity index (χ0n) is 10.4. The van der Waals surface area contributed by atoms with Gasteiger partial charge in [0.05, 0.1) is 0 Å². The van der Waals surface area contributed by atoms with Crippen molar-refractivity contribution in [2.24, 2.45) is 0 Å². The Bertz CT molecular complexity index is 601. The van der Waals surface area contributed by atoms with E-state index in [4.69, 9.17) is 5.73 Å². The van der Waals surface area contributed by atoms with Crippen LogP contribution in [0.5, 0.6) is 0 Å². The van der Waals surface area contributed by atoms with E-state index < -0.39 is 0 Å². The van der Waals surface area contributed by atoms with Gasteiger partial charge in [0.25, 0.3) is 0 Å². The summed E-state index contributed by atoms with van der Waals surface area (Å²) in [6, 6.07) is 5.06. The van der Waals surface area contributed by atoms with Crippen molar-refractivity contribution in [3.8, 4) is 5.69 Å². The average molecular weight is 245 g/mol. The Balaban J connectivity index is 2.20. The number of aryl methyl sites for hydroxylation is 1. The first-order chi connectivity index (χ1) is 8.66. The molecule has 0 fully saturated rings. The van der Waals surface area contributed by atoms with Crippen molar-refractivity contribution in [1.29, 1.82) is 0 Å². The lowest BCUT2D eigenvalue weighted by molar-refractivity contribution is 0.596.